The monoisotopic (exact) mass is 344 g/mol. The molecule has 8 heteroatoms. The second-order valence-corrected chi connectivity index (χ2v) is 6.63. The lowest BCUT2D eigenvalue weighted by Gasteiger charge is -2.32. The topological polar surface area (TPSA) is 62.1 Å². The summed E-state index contributed by atoms with van der Waals surface area (Å²) in [6.07, 6.45) is -5.81. The van der Waals surface area contributed by atoms with E-state index in [1.54, 1.807) is 20.8 Å². The summed E-state index contributed by atoms with van der Waals surface area (Å²) in [5.74, 6) is -0.574. The van der Waals surface area contributed by atoms with Crippen molar-refractivity contribution >= 4 is 11.6 Å². The number of carbonyl (C=O) groups is 1. The van der Waals surface area contributed by atoms with E-state index < -0.39 is 29.6 Å². The first kappa shape index (κ1) is 18.3. The number of hydrogen-bond donors (Lipinski definition) is 1. The van der Waals surface area contributed by atoms with E-state index in [4.69, 9.17) is 4.74 Å². The van der Waals surface area contributed by atoms with E-state index in [9.17, 15) is 23.1 Å². The van der Waals surface area contributed by atoms with E-state index in [1.807, 2.05) is 0 Å². The number of ether oxygens (including phenoxy) is 1. The number of hydrazone groups is 1. The van der Waals surface area contributed by atoms with Crippen LogP contribution in [-0.2, 0) is 0 Å². The molecule has 1 aliphatic heterocycles. The van der Waals surface area contributed by atoms with Gasteiger partial charge in [0.05, 0.1) is 7.11 Å². The van der Waals surface area contributed by atoms with Crippen LogP contribution in [0.3, 0.4) is 0 Å². The molecular weight excluding hydrogens is 325 g/mol. The number of rotatable bonds is 2. The molecule has 0 bridgehead atoms. The molecule has 132 valence electrons. The highest BCUT2D eigenvalue weighted by Gasteiger charge is 2.64. The zero-order chi connectivity index (χ0) is 18.3. The van der Waals surface area contributed by atoms with Gasteiger partial charge in [-0.2, -0.15) is 23.3 Å². The number of carbonyl (C=O) groups excluding carboxylic acids is 1. The molecule has 1 amide bonds. The van der Waals surface area contributed by atoms with Crippen LogP contribution >= 0.6 is 0 Å². The highest BCUT2D eigenvalue weighted by atomic mass is 19.4. The summed E-state index contributed by atoms with van der Waals surface area (Å²) in [6.45, 7) is 5.01. The van der Waals surface area contributed by atoms with E-state index >= 15 is 0 Å². The first-order chi connectivity index (χ1) is 10.9. The minimum Gasteiger partial charge on any atom is -0.497 e. The fourth-order valence-electron chi connectivity index (χ4n) is 2.25. The van der Waals surface area contributed by atoms with Gasteiger partial charge >= 0.3 is 6.18 Å². The van der Waals surface area contributed by atoms with E-state index in [0.717, 1.165) is 0 Å². The van der Waals surface area contributed by atoms with Gasteiger partial charge in [0.15, 0.2) is 0 Å². The summed E-state index contributed by atoms with van der Waals surface area (Å²) in [7, 11) is 1.43. The normalized spacial score (nSPS) is 21.7. The molecule has 1 aliphatic rings. The van der Waals surface area contributed by atoms with Gasteiger partial charge in [-0.05, 0) is 24.3 Å². The Morgan fingerprint density at radius 3 is 2.21 bits per heavy atom. The van der Waals surface area contributed by atoms with Gasteiger partial charge in [-0.3, -0.25) is 4.79 Å². The average molecular weight is 344 g/mol. The molecule has 0 fully saturated rings. The lowest BCUT2D eigenvalue weighted by Crippen LogP contribution is -2.56. The van der Waals surface area contributed by atoms with Crippen LogP contribution in [0.2, 0.25) is 0 Å². The third-order valence-corrected chi connectivity index (χ3v) is 3.83. The number of alkyl halides is 3. The number of halogens is 3. The van der Waals surface area contributed by atoms with E-state index in [2.05, 4.69) is 5.10 Å². The Hall–Kier alpha value is -2.09. The molecule has 1 aromatic rings. The molecule has 2 rings (SSSR count). The maximum absolute atomic E-state index is 13.4. The summed E-state index contributed by atoms with van der Waals surface area (Å²) in [6, 6.07) is 5.54. The third kappa shape index (κ3) is 3.10. The van der Waals surface area contributed by atoms with Gasteiger partial charge in [0.2, 0.25) is 0 Å². The SMILES string of the molecule is COc1ccc(C(=O)N2N=C(C(C)(C)C)C[C@]2(O)C(F)(F)F)cc1. The van der Waals surface area contributed by atoms with Gasteiger partial charge in [0.1, 0.15) is 5.75 Å². The zero-order valence-electron chi connectivity index (χ0n) is 13.8. The maximum atomic E-state index is 13.4. The van der Waals surface area contributed by atoms with E-state index in [1.165, 1.54) is 31.4 Å². The van der Waals surface area contributed by atoms with E-state index in [0.29, 0.717) is 5.75 Å². The minimum absolute atomic E-state index is 0.0302. The molecule has 1 heterocycles. The highest BCUT2D eigenvalue weighted by molar-refractivity contribution is 5.99. The Morgan fingerprint density at radius 2 is 1.79 bits per heavy atom. The van der Waals surface area contributed by atoms with Crippen molar-refractivity contribution in [1.82, 2.24) is 5.01 Å². The van der Waals surface area contributed by atoms with Gasteiger partial charge in [-0.1, -0.05) is 20.8 Å². The fourth-order valence-corrected chi connectivity index (χ4v) is 2.25. The molecular formula is C16H19F3N2O3. The number of methoxy groups -OCH3 is 1. The van der Waals surface area contributed by atoms with Crippen LogP contribution in [0.4, 0.5) is 13.2 Å². The summed E-state index contributed by atoms with van der Waals surface area (Å²) >= 11 is 0. The van der Waals surface area contributed by atoms with Crippen molar-refractivity contribution in [1.29, 1.82) is 0 Å². The van der Waals surface area contributed by atoms with Gasteiger partial charge in [-0.15, -0.1) is 0 Å². The molecule has 1 atom stereocenters. The highest BCUT2D eigenvalue weighted by Crippen LogP contribution is 2.43. The van der Waals surface area contributed by atoms with Crippen LogP contribution < -0.4 is 4.74 Å². The average Bonchev–Trinajstić information content (AvgIpc) is 2.86. The molecule has 0 unspecified atom stereocenters. The van der Waals surface area contributed by atoms with Crippen molar-refractivity contribution in [3.05, 3.63) is 29.8 Å². The lowest BCUT2D eigenvalue weighted by molar-refractivity contribution is -0.297. The lowest BCUT2D eigenvalue weighted by atomic mass is 9.86. The van der Waals surface area contributed by atoms with Crippen LogP contribution in [-0.4, -0.2) is 40.7 Å². The maximum Gasteiger partial charge on any atom is 0.438 e. The van der Waals surface area contributed by atoms with Gasteiger partial charge < -0.3 is 9.84 Å². The van der Waals surface area contributed by atoms with Crippen molar-refractivity contribution in [2.45, 2.75) is 39.1 Å². The second-order valence-electron chi connectivity index (χ2n) is 6.63. The number of aliphatic hydroxyl groups is 1. The third-order valence-electron chi connectivity index (χ3n) is 3.83. The van der Waals surface area contributed by atoms with E-state index in [-0.39, 0.29) is 16.3 Å². The summed E-state index contributed by atoms with van der Waals surface area (Å²) in [5.41, 5.74) is -4.00. The molecule has 0 aliphatic carbocycles. The van der Waals surface area contributed by atoms with Gasteiger partial charge in [-0.25, -0.2) is 0 Å². The van der Waals surface area contributed by atoms with Crippen LogP contribution in [0.25, 0.3) is 0 Å². The minimum atomic E-state index is -5.04. The molecule has 24 heavy (non-hydrogen) atoms. The quantitative estimate of drug-likeness (QED) is 0.896. The van der Waals surface area contributed by atoms with Crippen LogP contribution in [0.5, 0.6) is 5.75 Å². The summed E-state index contributed by atoms with van der Waals surface area (Å²) in [4.78, 5) is 12.5. The Bertz CT molecular complexity index is 663. The van der Waals surface area contributed by atoms with Crippen LogP contribution in [0.1, 0.15) is 37.6 Å². The predicted molar refractivity (Wildman–Crippen MR) is 81.7 cm³/mol. The molecule has 0 aromatic heterocycles. The molecule has 0 radical (unpaired) electrons. The zero-order valence-corrected chi connectivity index (χ0v) is 13.8. The molecule has 0 spiro atoms. The number of benzene rings is 1. The number of nitrogens with zero attached hydrogens (tertiary/aromatic N) is 2. The molecule has 5 nitrogen and oxygen atoms in total. The largest absolute Gasteiger partial charge is 0.497 e. The van der Waals surface area contributed by atoms with Crippen molar-refractivity contribution < 1.29 is 27.8 Å². The van der Waals surface area contributed by atoms with Crippen molar-refractivity contribution in [2.75, 3.05) is 7.11 Å². The van der Waals surface area contributed by atoms with Crippen LogP contribution in [0.15, 0.2) is 29.4 Å². The second kappa shape index (κ2) is 5.77. The first-order valence-corrected chi connectivity index (χ1v) is 7.26. The summed E-state index contributed by atoms with van der Waals surface area (Å²) in [5, 5.41) is 14.1. The standard InChI is InChI=1S/C16H19F3N2O3/c1-14(2,3)12-9-15(23,16(17,18)19)21(20-12)13(22)10-5-7-11(24-4)8-6-10/h5-8,23H,9H2,1-4H3/t15-/m0/s1. The van der Waals surface area contributed by atoms with Crippen molar-refractivity contribution in [3.63, 3.8) is 0 Å². The molecule has 0 saturated heterocycles. The number of hydrogen-bond acceptors (Lipinski definition) is 4. The fraction of sp³-hybridized carbons (Fsp3) is 0.500. The molecule has 0 saturated carbocycles. The smallest absolute Gasteiger partial charge is 0.438 e. The molecule has 1 aromatic carbocycles. The summed E-state index contributed by atoms with van der Waals surface area (Å²) < 4.78 is 45.2. The van der Waals surface area contributed by atoms with Crippen molar-refractivity contribution in [3.8, 4) is 5.75 Å². The Balaban J connectivity index is 2.45. The number of amides is 1. The first-order valence-electron chi connectivity index (χ1n) is 7.26. The Morgan fingerprint density at radius 1 is 1.25 bits per heavy atom. The van der Waals surface area contributed by atoms with Gasteiger partial charge in [0.25, 0.3) is 11.6 Å². The van der Waals surface area contributed by atoms with Gasteiger partial charge in [0, 0.05) is 23.1 Å². The Labute approximate surface area is 137 Å². The van der Waals surface area contributed by atoms with Crippen LogP contribution in [0, 0.1) is 5.41 Å². The van der Waals surface area contributed by atoms with Crippen molar-refractivity contribution in [2.24, 2.45) is 10.5 Å². The molecule has 1 N–H and O–H groups in total. The predicted octanol–water partition coefficient (Wildman–Crippen LogP) is 3.19. The Kier molecular flexibility index (Phi) is 4.39.